The largest absolute Gasteiger partial charge is 0.406 e. The molecule has 118 valence electrons. The summed E-state index contributed by atoms with van der Waals surface area (Å²) in [6.45, 7) is -0.0958. The maximum atomic E-state index is 12.0. The lowest BCUT2D eigenvalue weighted by Crippen LogP contribution is -2.28. The van der Waals surface area contributed by atoms with E-state index < -0.39 is 5.91 Å². The summed E-state index contributed by atoms with van der Waals surface area (Å²) in [5.74, 6) is -0.926. The number of rotatable bonds is 4. The zero-order chi connectivity index (χ0) is 16.4. The molecule has 0 bridgehead atoms. The van der Waals surface area contributed by atoms with Crippen molar-refractivity contribution in [2.75, 3.05) is 5.32 Å². The standard InChI is InChI=1S/C14H11ClN4O4/c15-9-3-1-8(2-4-9)13(22)16-14-18-17-10(23-14)7-19-11(20)5-6-12(19)21/h1-4H,5-7H2,(H,16,18,22). The Labute approximate surface area is 135 Å². The highest BCUT2D eigenvalue weighted by Gasteiger charge is 2.30. The first-order valence-corrected chi connectivity index (χ1v) is 7.13. The van der Waals surface area contributed by atoms with Gasteiger partial charge in [-0.05, 0) is 24.3 Å². The molecule has 1 aromatic heterocycles. The van der Waals surface area contributed by atoms with E-state index in [1.807, 2.05) is 0 Å². The summed E-state index contributed by atoms with van der Waals surface area (Å²) in [7, 11) is 0. The fourth-order valence-corrected chi connectivity index (χ4v) is 2.20. The van der Waals surface area contributed by atoms with Gasteiger partial charge in [-0.15, -0.1) is 5.10 Å². The van der Waals surface area contributed by atoms with Crippen molar-refractivity contribution in [1.82, 2.24) is 15.1 Å². The van der Waals surface area contributed by atoms with Crippen LogP contribution >= 0.6 is 11.6 Å². The van der Waals surface area contributed by atoms with Crippen LogP contribution in [0.2, 0.25) is 5.02 Å². The molecule has 0 aliphatic carbocycles. The number of likely N-dealkylation sites (tertiary alicyclic amines) is 1. The molecule has 0 saturated carbocycles. The molecule has 2 aromatic rings. The minimum absolute atomic E-state index is 0.0695. The average molecular weight is 335 g/mol. The number of hydrogen-bond acceptors (Lipinski definition) is 6. The van der Waals surface area contributed by atoms with Crippen LogP contribution in [0.3, 0.4) is 0 Å². The molecular weight excluding hydrogens is 324 g/mol. The van der Waals surface area contributed by atoms with Crippen LogP contribution in [-0.4, -0.2) is 32.8 Å². The lowest BCUT2D eigenvalue weighted by atomic mass is 10.2. The molecule has 1 N–H and O–H groups in total. The molecule has 1 saturated heterocycles. The van der Waals surface area contributed by atoms with Gasteiger partial charge in [-0.1, -0.05) is 16.7 Å². The van der Waals surface area contributed by atoms with Gasteiger partial charge in [0.25, 0.3) is 5.91 Å². The Bertz CT molecular complexity index is 755. The minimum atomic E-state index is -0.440. The maximum absolute atomic E-state index is 12.0. The first-order chi connectivity index (χ1) is 11.0. The van der Waals surface area contributed by atoms with Gasteiger partial charge in [-0.2, -0.15) is 0 Å². The second kappa shape index (κ2) is 6.17. The van der Waals surface area contributed by atoms with Crippen LogP contribution in [-0.2, 0) is 16.1 Å². The molecule has 1 fully saturated rings. The predicted molar refractivity (Wildman–Crippen MR) is 78.5 cm³/mol. The van der Waals surface area contributed by atoms with E-state index in [9.17, 15) is 14.4 Å². The van der Waals surface area contributed by atoms with Crippen molar-refractivity contribution in [2.24, 2.45) is 0 Å². The lowest BCUT2D eigenvalue weighted by Gasteiger charge is -2.09. The number of carbonyl (C=O) groups is 3. The van der Waals surface area contributed by atoms with E-state index in [2.05, 4.69) is 15.5 Å². The molecule has 8 nitrogen and oxygen atoms in total. The Balaban J connectivity index is 1.65. The Hall–Kier alpha value is -2.74. The van der Waals surface area contributed by atoms with Crippen LogP contribution in [0.5, 0.6) is 0 Å². The number of halogens is 1. The van der Waals surface area contributed by atoms with Crippen molar-refractivity contribution in [1.29, 1.82) is 0 Å². The Morgan fingerprint density at radius 3 is 2.48 bits per heavy atom. The van der Waals surface area contributed by atoms with Crippen LogP contribution in [0.1, 0.15) is 29.1 Å². The van der Waals surface area contributed by atoms with Gasteiger partial charge in [-0.3, -0.25) is 24.6 Å². The molecule has 3 rings (SSSR count). The molecule has 2 heterocycles. The second-order valence-electron chi connectivity index (χ2n) is 4.84. The second-order valence-corrected chi connectivity index (χ2v) is 5.27. The zero-order valence-electron chi connectivity index (χ0n) is 11.8. The number of nitrogens with zero attached hydrogens (tertiary/aromatic N) is 3. The summed E-state index contributed by atoms with van der Waals surface area (Å²) in [5, 5.41) is 10.3. The molecule has 0 atom stereocenters. The van der Waals surface area contributed by atoms with Gasteiger partial charge in [0.05, 0.1) is 0 Å². The molecule has 0 unspecified atom stereocenters. The van der Waals surface area contributed by atoms with Gasteiger partial charge in [0.1, 0.15) is 6.54 Å². The van der Waals surface area contributed by atoms with Gasteiger partial charge in [0.15, 0.2) is 0 Å². The molecule has 9 heteroatoms. The number of nitrogens with one attached hydrogen (secondary N) is 1. The molecule has 23 heavy (non-hydrogen) atoms. The highest BCUT2D eigenvalue weighted by atomic mass is 35.5. The van der Waals surface area contributed by atoms with Crippen molar-refractivity contribution in [2.45, 2.75) is 19.4 Å². The fourth-order valence-electron chi connectivity index (χ4n) is 2.07. The first kappa shape index (κ1) is 15.2. The average Bonchev–Trinajstić information content (AvgIpc) is 3.09. The van der Waals surface area contributed by atoms with Crippen LogP contribution in [0.25, 0.3) is 0 Å². The molecule has 0 radical (unpaired) electrons. The Kier molecular flexibility index (Phi) is 4.07. The summed E-state index contributed by atoms with van der Waals surface area (Å²) < 4.78 is 5.23. The summed E-state index contributed by atoms with van der Waals surface area (Å²) in [5.41, 5.74) is 0.374. The maximum Gasteiger partial charge on any atom is 0.322 e. The van der Waals surface area contributed by atoms with Gasteiger partial charge < -0.3 is 4.42 Å². The molecule has 3 amide bonds. The molecular formula is C14H11ClN4O4. The van der Waals surface area contributed by atoms with E-state index in [0.29, 0.717) is 10.6 Å². The summed E-state index contributed by atoms with van der Waals surface area (Å²) in [6.07, 6.45) is 0.375. The smallest absolute Gasteiger partial charge is 0.322 e. The quantitative estimate of drug-likeness (QED) is 0.852. The Morgan fingerprint density at radius 2 is 1.83 bits per heavy atom. The van der Waals surface area contributed by atoms with Crippen molar-refractivity contribution in [3.63, 3.8) is 0 Å². The number of imide groups is 1. The number of amides is 3. The van der Waals surface area contributed by atoms with E-state index in [1.165, 1.54) is 0 Å². The third-order valence-corrected chi connectivity index (χ3v) is 3.49. The molecule has 1 aliphatic rings. The van der Waals surface area contributed by atoms with E-state index in [-0.39, 0.29) is 43.1 Å². The summed E-state index contributed by atoms with van der Waals surface area (Å²) in [4.78, 5) is 36.1. The fraction of sp³-hybridized carbons (Fsp3) is 0.214. The highest BCUT2D eigenvalue weighted by molar-refractivity contribution is 6.30. The van der Waals surface area contributed by atoms with Crippen LogP contribution in [0, 0.1) is 0 Å². The number of carbonyl (C=O) groups excluding carboxylic acids is 3. The number of hydrogen-bond donors (Lipinski definition) is 1. The van der Waals surface area contributed by atoms with Crippen LogP contribution < -0.4 is 5.32 Å². The number of anilines is 1. The normalized spacial score (nSPS) is 14.4. The SMILES string of the molecule is O=C(Nc1nnc(CN2C(=O)CCC2=O)o1)c1ccc(Cl)cc1. The Morgan fingerprint density at radius 1 is 1.17 bits per heavy atom. The number of aromatic nitrogens is 2. The minimum Gasteiger partial charge on any atom is -0.406 e. The van der Waals surface area contributed by atoms with Gasteiger partial charge in [0.2, 0.25) is 17.7 Å². The van der Waals surface area contributed by atoms with Crippen molar-refractivity contribution in [3.8, 4) is 0 Å². The lowest BCUT2D eigenvalue weighted by molar-refractivity contribution is -0.139. The molecule has 1 aromatic carbocycles. The topological polar surface area (TPSA) is 105 Å². The summed E-state index contributed by atoms with van der Waals surface area (Å²) >= 11 is 5.75. The van der Waals surface area contributed by atoms with Crippen molar-refractivity contribution in [3.05, 3.63) is 40.7 Å². The van der Waals surface area contributed by atoms with Gasteiger partial charge in [0, 0.05) is 23.4 Å². The van der Waals surface area contributed by atoms with E-state index in [1.54, 1.807) is 24.3 Å². The molecule has 0 spiro atoms. The third-order valence-electron chi connectivity index (χ3n) is 3.24. The van der Waals surface area contributed by atoms with Crippen molar-refractivity contribution < 1.29 is 18.8 Å². The summed E-state index contributed by atoms with van der Waals surface area (Å²) in [6, 6.07) is 6.16. The van der Waals surface area contributed by atoms with Gasteiger partial charge >= 0.3 is 6.01 Å². The van der Waals surface area contributed by atoms with Crippen LogP contribution in [0.15, 0.2) is 28.7 Å². The zero-order valence-corrected chi connectivity index (χ0v) is 12.5. The first-order valence-electron chi connectivity index (χ1n) is 6.75. The third kappa shape index (κ3) is 3.37. The monoisotopic (exact) mass is 334 g/mol. The number of benzene rings is 1. The van der Waals surface area contributed by atoms with E-state index in [4.69, 9.17) is 16.0 Å². The van der Waals surface area contributed by atoms with Crippen molar-refractivity contribution >= 4 is 35.3 Å². The van der Waals surface area contributed by atoms with E-state index >= 15 is 0 Å². The predicted octanol–water partition coefficient (Wildman–Crippen LogP) is 1.62. The van der Waals surface area contributed by atoms with Gasteiger partial charge in [-0.25, -0.2) is 0 Å². The highest BCUT2D eigenvalue weighted by Crippen LogP contribution is 2.17. The van der Waals surface area contributed by atoms with Crippen LogP contribution in [0.4, 0.5) is 6.01 Å². The molecule has 1 aliphatic heterocycles. The van der Waals surface area contributed by atoms with E-state index in [0.717, 1.165) is 4.90 Å².